The van der Waals surface area contributed by atoms with E-state index in [4.69, 9.17) is 18.1 Å². The van der Waals surface area contributed by atoms with Gasteiger partial charge in [0.25, 0.3) is 0 Å². The molecular formula is C9H20N2S2. The molecule has 0 bridgehead atoms. The first-order valence-electron chi connectivity index (χ1n) is 4.94. The van der Waals surface area contributed by atoms with Crippen LogP contribution in [0.4, 0.5) is 0 Å². The molecule has 0 heterocycles. The van der Waals surface area contributed by atoms with Gasteiger partial charge in [-0.15, -0.1) is 0 Å². The number of hydrogen-bond acceptors (Lipinski definition) is 3. The monoisotopic (exact) mass is 220 g/mol. The van der Waals surface area contributed by atoms with Gasteiger partial charge in [0.05, 0.1) is 0 Å². The first-order valence-corrected chi connectivity index (χ1v) is 6.34. The number of hydrogen-bond donors (Lipinski definition) is 2. The van der Waals surface area contributed by atoms with Gasteiger partial charge in [0.1, 0.15) is 4.32 Å². The summed E-state index contributed by atoms with van der Waals surface area (Å²) in [6.07, 6.45) is 7.99. The number of nitrogens with one attached hydrogen (secondary N) is 1. The van der Waals surface area contributed by atoms with Gasteiger partial charge in [-0.25, -0.2) is 5.84 Å². The molecule has 4 heteroatoms. The van der Waals surface area contributed by atoms with E-state index in [1.807, 2.05) is 0 Å². The summed E-state index contributed by atoms with van der Waals surface area (Å²) < 4.78 is 0.702. The first kappa shape index (κ1) is 13.2. The van der Waals surface area contributed by atoms with Crippen molar-refractivity contribution in [3.8, 4) is 0 Å². The Bertz CT molecular complexity index is 129. The van der Waals surface area contributed by atoms with Crippen molar-refractivity contribution in [2.24, 2.45) is 5.84 Å². The van der Waals surface area contributed by atoms with E-state index >= 15 is 0 Å². The quantitative estimate of drug-likeness (QED) is 0.299. The highest BCUT2D eigenvalue weighted by molar-refractivity contribution is 8.22. The maximum atomic E-state index is 5.14. The second-order valence-electron chi connectivity index (χ2n) is 3.05. The van der Waals surface area contributed by atoms with Crippen molar-refractivity contribution in [3.05, 3.63) is 0 Å². The van der Waals surface area contributed by atoms with Crippen molar-refractivity contribution < 1.29 is 0 Å². The number of unbranched alkanes of at least 4 members (excludes halogenated alkanes) is 5. The van der Waals surface area contributed by atoms with E-state index in [2.05, 4.69) is 12.3 Å². The van der Waals surface area contributed by atoms with Crippen molar-refractivity contribution in [3.63, 3.8) is 0 Å². The molecule has 13 heavy (non-hydrogen) atoms. The van der Waals surface area contributed by atoms with Gasteiger partial charge in [0, 0.05) is 5.75 Å². The molecule has 0 rings (SSSR count). The number of thiocarbonyl (C=S) groups is 1. The molecule has 0 unspecified atom stereocenters. The molecule has 78 valence electrons. The molecular weight excluding hydrogens is 200 g/mol. The summed E-state index contributed by atoms with van der Waals surface area (Å²) in [5, 5.41) is 0. The topological polar surface area (TPSA) is 38.0 Å². The Kier molecular flexibility index (Phi) is 10.4. The van der Waals surface area contributed by atoms with Gasteiger partial charge in [-0.3, -0.25) is 0 Å². The van der Waals surface area contributed by atoms with Crippen LogP contribution < -0.4 is 11.3 Å². The number of nitrogens with two attached hydrogens (primary N) is 1. The molecule has 0 saturated heterocycles. The molecule has 0 aliphatic carbocycles. The van der Waals surface area contributed by atoms with E-state index in [1.165, 1.54) is 38.5 Å². The van der Waals surface area contributed by atoms with E-state index in [1.54, 1.807) is 11.8 Å². The summed E-state index contributed by atoms with van der Waals surface area (Å²) in [5.74, 6) is 6.23. The summed E-state index contributed by atoms with van der Waals surface area (Å²) in [6, 6.07) is 0. The van der Waals surface area contributed by atoms with Gasteiger partial charge in [0.15, 0.2) is 0 Å². The fourth-order valence-corrected chi connectivity index (χ4v) is 1.96. The number of rotatable bonds is 7. The molecule has 0 spiro atoms. The number of hydrazine groups is 1. The van der Waals surface area contributed by atoms with Gasteiger partial charge in [-0.05, 0) is 6.42 Å². The third-order valence-electron chi connectivity index (χ3n) is 1.85. The van der Waals surface area contributed by atoms with Crippen LogP contribution in [0.15, 0.2) is 0 Å². The third kappa shape index (κ3) is 10.1. The lowest BCUT2D eigenvalue weighted by Crippen LogP contribution is -2.25. The van der Waals surface area contributed by atoms with Crippen LogP contribution in [0.5, 0.6) is 0 Å². The van der Waals surface area contributed by atoms with Crippen LogP contribution in [-0.2, 0) is 0 Å². The van der Waals surface area contributed by atoms with Crippen LogP contribution in [0, 0.1) is 0 Å². The minimum atomic E-state index is 0.702. The Hall–Kier alpha value is 0.200. The Morgan fingerprint density at radius 2 is 1.85 bits per heavy atom. The molecule has 0 aliphatic heterocycles. The van der Waals surface area contributed by atoms with Crippen LogP contribution in [0.25, 0.3) is 0 Å². The highest BCUT2D eigenvalue weighted by Crippen LogP contribution is 2.09. The predicted molar refractivity (Wildman–Crippen MR) is 65.8 cm³/mol. The molecule has 0 atom stereocenters. The highest BCUT2D eigenvalue weighted by atomic mass is 32.2. The average molecular weight is 220 g/mol. The van der Waals surface area contributed by atoms with E-state index in [-0.39, 0.29) is 0 Å². The van der Waals surface area contributed by atoms with Gasteiger partial charge in [-0.2, -0.15) is 0 Å². The molecule has 0 amide bonds. The molecule has 2 nitrogen and oxygen atoms in total. The molecule has 0 aromatic rings. The fraction of sp³-hybridized carbons (Fsp3) is 0.889. The van der Waals surface area contributed by atoms with Crippen molar-refractivity contribution >= 4 is 28.3 Å². The lowest BCUT2D eigenvalue weighted by Gasteiger charge is -2.02. The zero-order valence-electron chi connectivity index (χ0n) is 8.34. The van der Waals surface area contributed by atoms with Crippen molar-refractivity contribution in [1.82, 2.24) is 5.43 Å². The molecule has 0 saturated carbocycles. The predicted octanol–water partition coefficient (Wildman–Crippen LogP) is 2.83. The highest BCUT2D eigenvalue weighted by Gasteiger charge is 1.94. The normalized spacial score (nSPS) is 10.0. The Morgan fingerprint density at radius 1 is 1.23 bits per heavy atom. The van der Waals surface area contributed by atoms with E-state index in [0.717, 1.165) is 5.75 Å². The third-order valence-corrected chi connectivity index (χ3v) is 3.19. The maximum absolute atomic E-state index is 5.14. The minimum Gasteiger partial charge on any atom is -0.309 e. The zero-order valence-corrected chi connectivity index (χ0v) is 9.98. The molecule has 0 aromatic heterocycles. The first-order chi connectivity index (χ1) is 6.31. The summed E-state index contributed by atoms with van der Waals surface area (Å²) in [4.78, 5) is 0. The van der Waals surface area contributed by atoms with Crippen LogP contribution in [0.2, 0.25) is 0 Å². The molecule has 0 aliphatic rings. The van der Waals surface area contributed by atoms with Gasteiger partial charge < -0.3 is 5.43 Å². The van der Waals surface area contributed by atoms with Crippen molar-refractivity contribution in [1.29, 1.82) is 0 Å². The van der Waals surface area contributed by atoms with Gasteiger partial charge in [0.2, 0.25) is 0 Å². The second-order valence-corrected chi connectivity index (χ2v) is 4.82. The van der Waals surface area contributed by atoms with E-state index in [0.29, 0.717) is 4.32 Å². The minimum absolute atomic E-state index is 0.702. The van der Waals surface area contributed by atoms with Crippen LogP contribution >= 0.6 is 24.0 Å². The smallest absolute Gasteiger partial charge is 0.147 e. The summed E-state index contributed by atoms with van der Waals surface area (Å²) in [6.45, 7) is 2.24. The summed E-state index contributed by atoms with van der Waals surface area (Å²) in [5.41, 5.74) is 2.47. The lowest BCUT2D eigenvalue weighted by molar-refractivity contribution is 0.627. The molecule has 0 fully saturated rings. The molecule has 0 radical (unpaired) electrons. The zero-order chi connectivity index (χ0) is 9.94. The average Bonchev–Trinajstić information content (AvgIpc) is 2.16. The van der Waals surface area contributed by atoms with E-state index < -0.39 is 0 Å². The van der Waals surface area contributed by atoms with E-state index in [9.17, 15) is 0 Å². The molecule has 3 N–H and O–H groups in total. The Balaban J connectivity index is 2.95. The summed E-state index contributed by atoms with van der Waals surface area (Å²) in [7, 11) is 0. The largest absolute Gasteiger partial charge is 0.309 e. The molecule has 0 aromatic carbocycles. The van der Waals surface area contributed by atoms with Gasteiger partial charge in [-0.1, -0.05) is 63.0 Å². The standard InChI is InChI=1S/C9H20N2S2/c1-2-3-4-5-6-7-8-13-9(12)11-10/h2-8,10H2,1H3,(H,11,12). The maximum Gasteiger partial charge on any atom is 0.147 e. The van der Waals surface area contributed by atoms with Crippen molar-refractivity contribution in [2.75, 3.05) is 5.75 Å². The summed E-state index contributed by atoms with van der Waals surface area (Å²) >= 11 is 6.54. The Morgan fingerprint density at radius 3 is 2.46 bits per heavy atom. The Labute approximate surface area is 91.0 Å². The van der Waals surface area contributed by atoms with Crippen molar-refractivity contribution in [2.45, 2.75) is 45.4 Å². The second kappa shape index (κ2) is 10.3. The van der Waals surface area contributed by atoms with Crippen LogP contribution in [0.3, 0.4) is 0 Å². The number of thioether (sulfide) groups is 1. The fourth-order valence-electron chi connectivity index (χ4n) is 1.09. The van der Waals surface area contributed by atoms with Crippen LogP contribution in [0.1, 0.15) is 45.4 Å². The SMILES string of the molecule is CCCCCCCCSC(=S)NN. The van der Waals surface area contributed by atoms with Gasteiger partial charge >= 0.3 is 0 Å². The lowest BCUT2D eigenvalue weighted by atomic mass is 10.1. The van der Waals surface area contributed by atoms with Crippen LogP contribution in [-0.4, -0.2) is 10.1 Å².